The molecule has 0 fully saturated rings. The standard InChI is InChI=1S/C52H40S2/c1-51(2)41-11-7-5-9-33(41)35-17-13-29(25-43(35)51)31-15-19-39-47(27-31)53-45-23-21-38-37(49(39)45)22-24-46-50(38)40-20-16-32(28-48(40)54-46)30-14-18-36-34-10-6-8-12-42(34)52(3,4)44(36)26-30/h5-21,23-28,33,37,41H,22H2,1-4H3. The van der Waals surface area contributed by atoms with E-state index in [2.05, 4.69) is 167 Å². The number of hydrogen-bond donors (Lipinski definition) is 0. The van der Waals surface area contributed by atoms with E-state index < -0.39 is 0 Å². The zero-order valence-electron chi connectivity index (χ0n) is 31.0. The Balaban J connectivity index is 0.914. The minimum Gasteiger partial charge on any atom is -0.135 e. The predicted molar refractivity (Wildman–Crippen MR) is 233 cm³/mol. The van der Waals surface area contributed by atoms with E-state index in [9.17, 15) is 0 Å². The van der Waals surface area contributed by atoms with Crippen molar-refractivity contribution < 1.29 is 0 Å². The highest BCUT2D eigenvalue weighted by molar-refractivity contribution is 7.20. The van der Waals surface area contributed by atoms with Gasteiger partial charge < -0.3 is 0 Å². The Kier molecular flexibility index (Phi) is 6.27. The lowest BCUT2D eigenvalue weighted by Gasteiger charge is -2.29. The Morgan fingerprint density at radius 2 is 1.30 bits per heavy atom. The molecule has 54 heavy (non-hydrogen) atoms. The molecular formula is C52H40S2. The smallest absolute Gasteiger partial charge is 0.0361 e. The zero-order chi connectivity index (χ0) is 36.1. The molecule has 0 spiro atoms. The van der Waals surface area contributed by atoms with Gasteiger partial charge in [0, 0.05) is 46.7 Å². The van der Waals surface area contributed by atoms with Crippen molar-refractivity contribution in [3.8, 4) is 33.4 Å². The number of rotatable bonds is 2. The second kappa shape index (κ2) is 10.8. The minimum atomic E-state index is 0.00175. The molecule has 12 rings (SSSR count). The molecule has 0 N–H and O–H groups in total. The maximum atomic E-state index is 2.53. The van der Waals surface area contributed by atoms with Crippen LogP contribution >= 0.6 is 22.7 Å². The number of benzene rings is 5. The molecule has 3 atom stereocenters. The van der Waals surface area contributed by atoms with Gasteiger partial charge in [-0.15, -0.1) is 22.7 Å². The Bertz CT molecular complexity index is 3040. The van der Waals surface area contributed by atoms with Gasteiger partial charge in [-0.2, -0.15) is 0 Å². The second-order valence-electron chi connectivity index (χ2n) is 17.2. The topological polar surface area (TPSA) is 0 Å². The van der Waals surface area contributed by atoms with Crippen LogP contribution in [-0.2, 0) is 10.8 Å². The van der Waals surface area contributed by atoms with Gasteiger partial charge in [-0.3, -0.25) is 0 Å². The van der Waals surface area contributed by atoms with E-state index in [1.807, 2.05) is 22.7 Å². The average Bonchev–Trinajstić information content (AvgIpc) is 3.90. The van der Waals surface area contributed by atoms with Crippen molar-refractivity contribution in [1.82, 2.24) is 0 Å². The lowest BCUT2D eigenvalue weighted by molar-refractivity contribution is 0.394. The van der Waals surface area contributed by atoms with E-state index in [1.165, 1.54) is 102 Å². The van der Waals surface area contributed by atoms with Crippen LogP contribution in [0.4, 0.5) is 0 Å². The highest BCUT2D eigenvalue weighted by atomic mass is 32.1. The molecule has 260 valence electrons. The lowest BCUT2D eigenvalue weighted by Crippen LogP contribution is -2.28. The third-order valence-corrected chi connectivity index (χ3v) is 16.0. The second-order valence-corrected chi connectivity index (χ2v) is 19.4. The first-order chi connectivity index (χ1) is 26.3. The van der Waals surface area contributed by atoms with Crippen molar-refractivity contribution in [3.05, 3.63) is 170 Å². The summed E-state index contributed by atoms with van der Waals surface area (Å²) in [5, 5.41) is 4.27. The highest BCUT2D eigenvalue weighted by Gasteiger charge is 2.44. The molecule has 5 aliphatic rings. The first-order valence-corrected chi connectivity index (χ1v) is 21.1. The molecule has 3 unspecified atom stereocenters. The van der Waals surface area contributed by atoms with Gasteiger partial charge in [0.15, 0.2) is 0 Å². The van der Waals surface area contributed by atoms with Crippen molar-refractivity contribution in [2.75, 3.05) is 0 Å². The maximum Gasteiger partial charge on any atom is 0.0361 e. The largest absolute Gasteiger partial charge is 0.135 e. The first kappa shape index (κ1) is 31.3. The van der Waals surface area contributed by atoms with Crippen molar-refractivity contribution in [2.45, 2.75) is 56.8 Å². The van der Waals surface area contributed by atoms with Gasteiger partial charge in [0.1, 0.15) is 0 Å². The number of thiophene rings is 2. The van der Waals surface area contributed by atoms with Gasteiger partial charge in [0.25, 0.3) is 0 Å². The fourth-order valence-electron chi connectivity index (χ4n) is 10.9. The summed E-state index contributed by atoms with van der Waals surface area (Å²) in [7, 11) is 0. The quantitative estimate of drug-likeness (QED) is 0.166. The molecule has 0 bridgehead atoms. The van der Waals surface area contributed by atoms with Crippen LogP contribution in [0.1, 0.15) is 78.6 Å². The Morgan fingerprint density at radius 3 is 2.15 bits per heavy atom. The molecule has 5 aliphatic carbocycles. The van der Waals surface area contributed by atoms with Gasteiger partial charge >= 0.3 is 0 Å². The molecular weight excluding hydrogens is 689 g/mol. The number of allylic oxidation sites excluding steroid dienone is 5. The average molecular weight is 729 g/mol. The molecule has 7 aromatic rings. The van der Waals surface area contributed by atoms with E-state index in [0.717, 1.165) is 6.42 Å². The summed E-state index contributed by atoms with van der Waals surface area (Å²) in [5.41, 5.74) is 17.0. The number of fused-ring (bicyclic) bond motifs is 14. The maximum absolute atomic E-state index is 2.53. The Hall–Kier alpha value is -5.02. The third kappa shape index (κ3) is 4.14. The van der Waals surface area contributed by atoms with Crippen molar-refractivity contribution >= 4 is 60.6 Å². The molecule has 2 heteroatoms. The summed E-state index contributed by atoms with van der Waals surface area (Å²) in [5.74, 6) is 1.41. The molecule has 0 saturated carbocycles. The minimum absolute atomic E-state index is 0.00175. The van der Waals surface area contributed by atoms with Crippen molar-refractivity contribution in [2.24, 2.45) is 5.92 Å². The summed E-state index contributed by atoms with van der Waals surface area (Å²) in [6.45, 7) is 9.60. The zero-order valence-corrected chi connectivity index (χ0v) is 32.7. The number of hydrogen-bond acceptors (Lipinski definition) is 2. The molecule has 0 amide bonds. The predicted octanol–water partition coefficient (Wildman–Crippen LogP) is 13.0. The summed E-state index contributed by atoms with van der Waals surface area (Å²) >= 11 is 3.93. The fourth-order valence-corrected chi connectivity index (χ4v) is 13.4. The molecule has 2 heterocycles. The SMILES string of the molecule is CC1(C)c2ccccc2-c2ccc(-c3ccc4c5c(sc4c3)=CCC3C=5C=Cc4sc5cc(-c6ccc7c(c6)C(C)(C)C6C=CC=CC76)ccc5c43)cc21. The van der Waals surface area contributed by atoms with Crippen LogP contribution in [-0.4, -0.2) is 0 Å². The van der Waals surface area contributed by atoms with Gasteiger partial charge in [0.2, 0.25) is 0 Å². The fraction of sp³-hybridized carbons (Fsp3) is 0.192. The first-order valence-electron chi connectivity index (χ1n) is 19.5. The van der Waals surface area contributed by atoms with E-state index in [1.54, 1.807) is 0 Å². The highest BCUT2D eigenvalue weighted by Crippen LogP contribution is 2.54. The van der Waals surface area contributed by atoms with Crippen LogP contribution in [0.3, 0.4) is 0 Å². The molecule has 0 nitrogen and oxygen atoms in total. The van der Waals surface area contributed by atoms with Crippen LogP contribution in [0.15, 0.2) is 127 Å². The van der Waals surface area contributed by atoms with Crippen LogP contribution in [0.2, 0.25) is 0 Å². The molecule has 5 aromatic carbocycles. The molecule has 0 aliphatic heterocycles. The van der Waals surface area contributed by atoms with Crippen molar-refractivity contribution in [1.29, 1.82) is 0 Å². The van der Waals surface area contributed by atoms with Crippen LogP contribution in [0.25, 0.3) is 71.3 Å². The van der Waals surface area contributed by atoms with Gasteiger partial charge in [-0.05, 0) is 114 Å². The molecule has 2 aromatic heterocycles. The summed E-state index contributed by atoms with van der Waals surface area (Å²) in [6.07, 6.45) is 17.7. The molecule has 0 radical (unpaired) electrons. The van der Waals surface area contributed by atoms with E-state index in [-0.39, 0.29) is 10.8 Å². The summed E-state index contributed by atoms with van der Waals surface area (Å²) < 4.78 is 4.21. The van der Waals surface area contributed by atoms with E-state index in [0.29, 0.717) is 17.8 Å². The Morgan fingerprint density at radius 1 is 0.611 bits per heavy atom. The molecule has 0 saturated heterocycles. The van der Waals surface area contributed by atoms with Crippen LogP contribution in [0.5, 0.6) is 0 Å². The lowest BCUT2D eigenvalue weighted by atomic mass is 9.74. The van der Waals surface area contributed by atoms with E-state index >= 15 is 0 Å². The van der Waals surface area contributed by atoms with Gasteiger partial charge in [0.05, 0.1) is 0 Å². The van der Waals surface area contributed by atoms with Gasteiger partial charge in [-0.1, -0.05) is 143 Å². The Labute approximate surface area is 324 Å². The van der Waals surface area contributed by atoms with Crippen LogP contribution in [0, 0.1) is 5.92 Å². The van der Waals surface area contributed by atoms with Crippen LogP contribution < -0.4 is 9.75 Å². The third-order valence-electron chi connectivity index (χ3n) is 13.8. The summed E-state index contributed by atoms with van der Waals surface area (Å²) in [4.78, 5) is 1.42. The normalized spacial score (nSPS) is 21.6. The van der Waals surface area contributed by atoms with Crippen molar-refractivity contribution in [3.63, 3.8) is 0 Å². The summed E-state index contributed by atoms with van der Waals surface area (Å²) in [6, 6.07) is 37.8. The monoisotopic (exact) mass is 728 g/mol. The van der Waals surface area contributed by atoms with Gasteiger partial charge in [-0.25, -0.2) is 0 Å². The van der Waals surface area contributed by atoms with E-state index in [4.69, 9.17) is 0 Å².